The van der Waals surface area contributed by atoms with Crippen LogP contribution in [0.25, 0.3) is 0 Å². The van der Waals surface area contributed by atoms with E-state index >= 15 is 0 Å². The van der Waals surface area contributed by atoms with Crippen molar-refractivity contribution >= 4 is 0 Å². The second-order valence-electron chi connectivity index (χ2n) is 4.95. The highest BCUT2D eigenvalue weighted by atomic mass is 16.5. The van der Waals surface area contributed by atoms with E-state index in [4.69, 9.17) is 4.74 Å². The van der Waals surface area contributed by atoms with E-state index in [2.05, 4.69) is 26.0 Å². The molecule has 16 heavy (non-hydrogen) atoms. The molecule has 0 aromatic carbocycles. The highest BCUT2D eigenvalue weighted by molar-refractivity contribution is 5.33. The zero-order valence-electron chi connectivity index (χ0n) is 10.7. The first-order valence-corrected chi connectivity index (χ1v) is 6.89. The summed E-state index contributed by atoms with van der Waals surface area (Å²) in [7, 11) is 0. The van der Waals surface area contributed by atoms with Gasteiger partial charge in [-0.3, -0.25) is 0 Å². The van der Waals surface area contributed by atoms with Crippen molar-refractivity contribution in [3.8, 4) is 0 Å². The highest BCUT2D eigenvalue weighted by Crippen LogP contribution is 2.38. The Morgan fingerprint density at radius 1 is 1.06 bits per heavy atom. The molecular formula is C15H24O. The maximum Gasteiger partial charge on any atom is 0.0799 e. The van der Waals surface area contributed by atoms with Gasteiger partial charge in [-0.25, -0.2) is 0 Å². The zero-order chi connectivity index (χ0) is 11.4. The van der Waals surface area contributed by atoms with Gasteiger partial charge < -0.3 is 4.74 Å². The minimum Gasteiger partial charge on any atom is -0.366 e. The molecule has 1 aliphatic heterocycles. The summed E-state index contributed by atoms with van der Waals surface area (Å²) in [6.45, 7) is 4.50. The fourth-order valence-corrected chi connectivity index (χ4v) is 2.89. The Morgan fingerprint density at radius 2 is 1.75 bits per heavy atom. The van der Waals surface area contributed by atoms with Gasteiger partial charge in [-0.05, 0) is 36.8 Å². The average molecular weight is 220 g/mol. The summed E-state index contributed by atoms with van der Waals surface area (Å²) in [5.74, 6) is 0. The third kappa shape index (κ3) is 2.40. The van der Waals surface area contributed by atoms with Crippen LogP contribution in [0.3, 0.4) is 0 Å². The first kappa shape index (κ1) is 11.9. The van der Waals surface area contributed by atoms with Gasteiger partial charge in [-0.1, -0.05) is 45.3 Å². The van der Waals surface area contributed by atoms with Crippen molar-refractivity contribution in [2.24, 2.45) is 0 Å². The molecule has 0 saturated carbocycles. The number of ether oxygens (including phenoxy) is 1. The standard InChI is InChI=1S/C15H24O/c1-3-5-6-11-15-13-10-8-7-9-12(13)14(4-2)16-15/h7-8,14-15H,3-6,9-11H2,1-2H3/t14-,15-/m0/s1. The van der Waals surface area contributed by atoms with Gasteiger partial charge in [0.25, 0.3) is 0 Å². The van der Waals surface area contributed by atoms with Gasteiger partial charge >= 0.3 is 0 Å². The molecule has 2 rings (SSSR count). The summed E-state index contributed by atoms with van der Waals surface area (Å²) in [5, 5.41) is 0. The molecule has 1 aliphatic carbocycles. The minimum atomic E-state index is 0.423. The molecule has 1 heteroatoms. The third-order valence-electron chi connectivity index (χ3n) is 3.80. The zero-order valence-corrected chi connectivity index (χ0v) is 10.7. The summed E-state index contributed by atoms with van der Waals surface area (Å²) in [6.07, 6.45) is 14.1. The summed E-state index contributed by atoms with van der Waals surface area (Å²) < 4.78 is 6.19. The SMILES string of the molecule is CCCCC[C@@H]1O[C@@H](CC)C2=C1CC=CC2. The van der Waals surface area contributed by atoms with Crippen molar-refractivity contribution < 1.29 is 4.74 Å². The van der Waals surface area contributed by atoms with E-state index in [1.165, 1.54) is 25.7 Å². The highest BCUT2D eigenvalue weighted by Gasteiger charge is 2.32. The number of unbranched alkanes of at least 4 members (excludes halogenated alkanes) is 2. The Morgan fingerprint density at radius 3 is 2.38 bits per heavy atom. The molecule has 0 fully saturated rings. The second kappa shape index (κ2) is 5.67. The van der Waals surface area contributed by atoms with E-state index < -0.39 is 0 Å². The smallest absolute Gasteiger partial charge is 0.0799 e. The Hall–Kier alpha value is -0.560. The first-order valence-electron chi connectivity index (χ1n) is 6.89. The summed E-state index contributed by atoms with van der Waals surface area (Å²) in [5.41, 5.74) is 3.22. The molecule has 0 radical (unpaired) electrons. The lowest BCUT2D eigenvalue weighted by Gasteiger charge is -2.15. The predicted octanol–water partition coefficient (Wildman–Crippen LogP) is 4.39. The lowest BCUT2D eigenvalue weighted by atomic mass is 9.90. The van der Waals surface area contributed by atoms with E-state index in [-0.39, 0.29) is 0 Å². The Balaban J connectivity index is 1.97. The van der Waals surface area contributed by atoms with E-state index in [0.717, 1.165) is 19.3 Å². The topological polar surface area (TPSA) is 9.23 Å². The molecule has 2 atom stereocenters. The predicted molar refractivity (Wildman–Crippen MR) is 68.5 cm³/mol. The first-order chi connectivity index (χ1) is 7.86. The van der Waals surface area contributed by atoms with Gasteiger partial charge in [0.05, 0.1) is 12.2 Å². The van der Waals surface area contributed by atoms with Gasteiger partial charge in [0, 0.05) is 0 Å². The quantitative estimate of drug-likeness (QED) is 0.493. The van der Waals surface area contributed by atoms with E-state index in [0.29, 0.717) is 12.2 Å². The molecule has 1 nitrogen and oxygen atoms in total. The monoisotopic (exact) mass is 220 g/mol. The van der Waals surface area contributed by atoms with Crippen LogP contribution in [-0.4, -0.2) is 12.2 Å². The van der Waals surface area contributed by atoms with Crippen LogP contribution >= 0.6 is 0 Å². The fourth-order valence-electron chi connectivity index (χ4n) is 2.89. The van der Waals surface area contributed by atoms with Crippen LogP contribution in [0.1, 0.15) is 58.8 Å². The van der Waals surface area contributed by atoms with Crippen LogP contribution in [0.2, 0.25) is 0 Å². The molecule has 0 saturated heterocycles. The lowest BCUT2D eigenvalue weighted by Crippen LogP contribution is -2.14. The maximum atomic E-state index is 6.19. The number of rotatable bonds is 5. The van der Waals surface area contributed by atoms with Crippen molar-refractivity contribution in [3.05, 3.63) is 23.3 Å². The number of hydrogen-bond acceptors (Lipinski definition) is 1. The number of allylic oxidation sites excluding steroid dienone is 2. The second-order valence-corrected chi connectivity index (χ2v) is 4.95. The molecule has 0 spiro atoms. The fraction of sp³-hybridized carbons (Fsp3) is 0.733. The van der Waals surface area contributed by atoms with E-state index in [1.807, 2.05) is 0 Å². The third-order valence-corrected chi connectivity index (χ3v) is 3.80. The van der Waals surface area contributed by atoms with Crippen molar-refractivity contribution in [1.29, 1.82) is 0 Å². The molecule has 0 N–H and O–H groups in total. The van der Waals surface area contributed by atoms with Gasteiger partial charge in [0.2, 0.25) is 0 Å². The van der Waals surface area contributed by atoms with Crippen LogP contribution in [0.4, 0.5) is 0 Å². The Labute approximate surface area is 99.6 Å². The normalized spacial score (nSPS) is 28.6. The van der Waals surface area contributed by atoms with Gasteiger partial charge in [-0.2, -0.15) is 0 Å². The summed E-state index contributed by atoms with van der Waals surface area (Å²) >= 11 is 0. The molecule has 0 aromatic rings. The molecule has 0 amide bonds. The van der Waals surface area contributed by atoms with E-state index in [1.54, 1.807) is 11.1 Å². The van der Waals surface area contributed by atoms with Crippen LogP contribution in [0.5, 0.6) is 0 Å². The van der Waals surface area contributed by atoms with Crippen molar-refractivity contribution in [3.63, 3.8) is 0 Å². The average Bonchev–Trinajstić information content (AvgIpc) is 2.68. The molecule has 0 aromatic heterocycles. The number of hydrogen-bond donors (Lipinski definition) is 0. The van der Waals surface area contributed by atoms with Crippen LogP contribution in [0.15, 0.2) is 23.3 Å². The summed E-state index contributed by atoms with van der Waals surface area (Å²) in [4.78, 5) is 0. The van der Waals surface area contributed by atoms with Crippen molar-refractivity contribution in [2.45, 2.75) is 71.0 Å². The lowest BCUT2D eigenvalue weighted by molar-refractivity contribution is 0.0439. The van der Waals surface area contributed by atoms with Crippen molar-refractivity contribution in [2.75, 3.05) is 0 Å². The Kier molecular flexibility index (Phi) is 4.22. The van der Waals surface area contributed by atoms with Crippen molar-refractivity contribution in [1.82, 2.24) is 0 Å². The molecule has 2 aliphatic rings. The molecule has 1 heterocycles. The largest absolute Gasteiger partial charge is 0.366 e. The van der Waals surface area contributed by atoms with E-state index in [9.17, 15) is 0 Å². The van der Waals surface area contributed by atoms with Crippen LogP contribution in [0, 0.1) is 0 Å². The van der Waals surface area contributed by atoms with Crippen LogP contribution in [-0.2, 0) is 4.74 Å². The van der Waals surface area contributed by atoms with Crippen LogP contribution < -0.4 is 0 Å². The Bertz CT molecular complexity index is 288. The van der Waals surface area contributed by atoms with Gasteiger partial charge in [-0.15, -0.1) is 0 Å². The molecule has 0 unspecified atom stereocenters. The molecular weight excluding hydrogens is 196 g/mol. The molecule has 90 valence electrons. The van der Waals surface area contributed by atoms with Gasteiger partial charge in [0.1, 0.15) is 0 Å². The minimum absolute atomic E-state index is 0.423. The molecule has 0 bridgehead atoms. The maximum absolute atomic E-state index is 6.19. The van der Waals surface area contributed by atoms with Gasteiger partial charge in [0.15, 0.2) is 0 Å². The summed E-state index contributed by atoms with van der Waals surface area (Å²) in [6, 6.07) is 0.